The molecule has 0 spiro atoms. The molecule has 2 rings (SSSR count). The summed E-state index contributed by atoms with van der Waals surface area (Å²) < 4.78 is 10.5. The summed E-state index contributed by atoms with van der Waals surface area (Å²) in [4.78, 5) is 24.2. The van der Waals surface area contributed by atoms with E-state index in [4.69, 9.17) is 9.47 Å². The maximum Gasteiger partial charge on any atom is 0.269 e. The maximum atomic E-state index is 12.4. The van der Waals surface area contributed by atoms with Crippen LogP contribution in [0.4, 0.5) is 5.69 Å². The Hall–Kier alpha value is -3.09. The van der Waals surface area contributed by atoms with Crippen LogP contribution in [0.5, 0.6) is 11.5 Å². The summed E-state index contributed by atoms with van der Waals surface area (Å²) in [5.41, 5.74) is 1.60. The fraction of sp³-hybridized carbons (Fsp3) is 0.278. The normalized spacial score (nSPS) is 10.2. The standard InChI is InChI=1S/C18H20N2O5/c1-19(12-14-6-9-16(24-2)11-17(14)25-3)18(21)10-13-4-7-15(8-5-13)20(22)23/h4-9,11H,10,12H2,1-3H3. The zero-order chi connectivity index (χ0) is 18.4. The lowest BCUT2D eigenvalue weighted by Crippen LogP contribution is -2.27. The van der Waals surface area contributed by atoms with Gasteiger partial charge in [-0.05, 0) is 17.7 Å². The highest BCUT2D eigenvalue weighted by molar-refractivity contribution is 5.78. The average molecular weight is 344 g/mol. The number of benzene rings is 2. The van der Waals surface area contributed by atoms with Crippen molar-refractivity contribution in [3.63, 3.8) is 0 Å². The maximum absolute atomic E-state index is 12.4. The van der Waals surface area contributed by atoms with Gasteiger partial charge in [0.1, 0.15) is 11.5 Å². The molecule has 0 bridgehead atoms. The Labute approximate surface area is 145 Å². The third kappa shape index (κ3) is 4.69. The molecular formula is C18H20N2O5. The number of rotatable bonds is 7. The summed E-state index contributed by atoms with van der Waals surface area (Å²) in [6.07, 6.45) is 0.174. The molecule has 0 heterocycles. The third-order valence-electron chi connectivity index (χ3n) is 3.83. The van der Waals surface area contributed by atoms with E-state index in [1.807, 2.05) is 12.1 Å². The van der Waals surface area contributed by atoms with Crippen molar-refractivity contribution in [2.45, 2.75) is 13.0 Å². The van der Waals surface area contributed by atoms with Gasteiger partial charge < -0.3 is 14.4 Å². The Kier molecular flexibility index (Phi) is 5.94. The molecule has 25 heavy (non-hydrogen) atoms. The first-order valence-electron chi connectivity index (χ1n) is 7.62. The van der Waals surface area contributed by atoms with Crippen molar-refractivity contribution in [2.75, 3.05) is 21.3 Å². The number of nitro benzene ring substituents is 1. The number of carbonyl (C=O) groups is 1. The predicted molar refractivity (Wildman–Crippen MR) is 92.8 cm³/mol. The van der Waals surface area contributed by atoms with Gasteiger partial charge in [-0.2, -0.15) is 0 Å². The molecule has 0 atom stereocenters. The Morgan fingerprint density at radius 1 is 1.12 bits per heavy atom. The largest absolute Gasteiger partial charge is 0.497 e. The van der Waals surface area contributed by atoms with E-state index in [2.05, 4.69) is 0 Å². The molecule has 0 N–H and O–H groups in total. The molecule has 0 fully saturated rings. The molecule has 0 unspecified atom stereocenters. The lowest BCUT2D eigenvalue weighted by molar-refractivity contribution is -0.384. The van der Waals surface area contributed by atoms with Gasteiger partial charge in [-0.15, -0.1) is 0 Å². The fourth-order valence-corrected chi connectivity index (χ4v) is 2.37. The molecule has 0 saturated heterocycles. The van der Waals surface area contributed by atoms with Crippen LogP contribution < -0.4 is 9.47 Å². The van der Waals surface area contributed by atoms with E-state index >= 15 is 0 Å². The summed E-state index contributed by atoms with van der Waals surface area (Å²) in [5.74, 6) is 1.24. The number of hydrogen-bond acceptors (Lipinski definition) is 5. The molecule has 0 saturated carbocycles. The minimum atomic E-state index is -0.465. The van der Waals surface area contributed by atoms with Crippen molar-refractivity contribution >= 4 is 11.6 Å². The SMILES string of the molecule is COc1ccc(CN(C)C(=O)Cc2ccc([N+](=O)[O-])cc2)c(OC)c1. The molecule has 2 aromatic carbocycles. The Bertz CT molecular complexity index is 759. The highest BCUT2D eigenvalue weighted by Crippen LogP contribution is 2.25. The lowest BCUT2D eigenvalue weighted by Gasteiger charge is -2.19. The number of nitro groups is 1. The number of amides is 1. The highest BCUT2D eigenvalue weighted by Gasteiger charge is 2.14. The third-order valence-corrected chi connectivity index (χ3v) is 3.83. The van der Waals surface area contributed by atoms with E-state index in [0.29, 0.717) is 18.0 Å². The number of hydrogen-bond donors (Lipinski definition) is 0. The van der Waals surface area contributed by atoms with Crippen LogP contribution in [0.2, 0.25) is 0 Å². The van der Waals surface area contributed by atoms with Gasteiger partial charge in [-0.25, -0.2) is 0 Å². The number of methoxy groups -OCH3 is 2. The molecule has 132 valence electrons. The molecule has 7 nitrogen and oxygen atoms in total. The van der Waals surface area contributed by atoms with E-state index in [0.717, 1.165) is 11.1 Å². The minimum absolute atomic E-state index is 0.00697. The fourth-order valence-electron chi connectivity index (χ4n) is 2.37. The number of ether oxygens (including phenoxy) is 2. The summed E-state index contributed by atoms with van der Waals surface area (Å²) in [5, 5.41) is 10.7. The molecule has 1 amide bonds. The summed E-state index contributed by atoms with van der Waals surface area (Å²) in [6, 6.07) is 11.4. The first kappa shape index (κ1) is 18.3. The van der Waals surface area contributed by atoms with E-state index in [9.17, 15) is 14.9 Å². The van der Waals surface area contributed by atoms with Crippen LogP contribution in [0.25, 0.3) is 0 Å². The molecule has 0 aliphatic heterocycles. The monoisotopic (exact) mass is 344 g/mol. The van der Waals surface area contributed by atoms with Crippen LogP contribution in [-0.4, -0.2) is 37.0 Å². The van der Waals surface area contributed by atoms with Gasteiger partial charge >= 0.3 is 0 Å². The van der Waals surface area contributed by atoms with Crippen LogP contribution in [0, 0.1) is 10.1 Å². The second-order valence-corrected chi connectivity index (χ2v) is 5.53. The van der Waals surface area contributed by atoms with Crippen molar-refractivity contribution in [2.24, 2.45) is 0 Å². The smallest absolute Gasteiger partial charge is 0.269 e. The quantitative estimate of drug-likeness (QED) is 0.570. The van der Waals surface area contributed by atoms with Crippen LogP contribution >= 0.6 is 0 Å². The topological polar surface area (TPSA) is 81.9 Å². The van der Waals surface area contributed by atoms with Crippen LogP contribution in [0.15, 0.2) is 42.5 Å². The highest BCUT2D eigenvalue weighted by atomic mass is 16.6. The second kappa shape index (κ2) is 8.14. The van der Waals surface area contributed by atoms with Gasteiger partial charge in [0.25, 0.3) is 5.69 Å². The van der Waals surface area contributed by atoms with Gasteiger partial charge in [0, 0.05) is 37.4 Å². The Morgan fingerprint density at radius 2 is 1.80 bits per heavy atom. The van der Waals surface area contributed by atoms with Gasteiger partial charge in [0.15, 0.2) is 0 Å². The first-order chi connectivity index (χ1) is 11.9. The number of carbonyl (C=O) groups excluding carboxylic acids is 1. The minimum Gasteiger partial charge on any atom is -0.497 e. The molecule has 2 aromatic rings. The van der Waals surface area contributed by atoms with E-state index in [1.54, 1.807) is 44.4 Å². The van der Waals surface area contributed by atoms with Gasteiger partial charge in [-0.1, -0.05) is 12.1 Å². The van der Waals surface area contributed by atoms with Crippen molar-refractivity contribution < 1.29 is 19.2 Å². The van der Waals surface area contributed by atoms with Crippen molar-refractivity contribution in [1.82, 2.24) is 4.90 Å². The van der Waals surface area contributed by atoms with Crippen LogP contribution in [0.1, 0.15) is 11.1 Å². The molecule has 0 aliphatic carbocycles. The molecule has 0 aromatic heterocycles. The van der Waals surface area contributed by atoms with E-state index in [1.165, 1.54) is 12.1 Å². The van der Waals surface area contributed by atoms with Gasteiger partial charge in [-0.3, -0.25) is 14.9 Å². The van der Waals surface area contributed by atoms with E-state index < -0.39 is 4.92 Å². The van der Waals surface area contributed by atoms with Crippen LogP contribution in [-0.2, 0) is 17.8 Å². The van der Waals surface area contributed by atoms with E-state index in [-0.39, 0.29) is 18.0 Å². The van der Waals surface area contributed by atoms with Gasteiger partial charge in [0.2, 0.25) is 5.91 Å². The zero-order valence-electron chi connectivity index (χ0n) is 14.4. The zero-order valence-corrected chi connectivity index (χ0v) is 14.4. The molecular weight excluding hydrogens is 324 g/mol. The molecule has 7 heteroatoms. The Morgan fingerprint density at radius 3 is 2.36 bits per heavy atom. The first-order valence-corrected chi connectivity index (χ1v) is 7.62. The molecule has 0 radical (unpaired) electrons. The summed E-state index contributed by atoms with van der Waals surface area (Å²) in [6.45, 7) is 0.388. The van der Waals surface area contributed by atoms with Crippen molar-refractivity contribution in [3.8, 4) is 11.5 Å². The average Bonchev–Trinajstić information content (AvgIpc) is 2.62. The number of non-ortho nitro benzene ring substituents is 1. The summed E-state index contributed by atoms with van der Waals surface area (Å²) >= 11 is 0. The van der Waals surface area contributed by atoms with Crippen LogP contribution in [0.3, 0.4) is 0 Å². The number of likely N-dealkylation sites (N-methyl/N-ethyl adjacent to an activating group) is 1. The van der Waals surface area contributed by atoms with Gasteiger partial charge in [0.05, 0.1) is 25.6 Å². The summed E-state index contributed by atoms with van der Waals surface area (Å²) in [7, 11) is 4.85. The molecule has 0 aliphatic rings. The Balaban J connectivity index is 2.04. The van der Waals surface area contributed by atoms with Crippen molar-refractivity contribution in [1.29, 1.82) is 0 Å². The van der Waals surface area contributed by atoms with Crippen molar-refractivity contribution in [3.05, 3.63) is 63.7 Å². The lowest BCUT2D eigenvalue weighted by atomic mass is 10.1. The second-order valence-electron chi connectivity index (χ2n) is 5.53. The predicted octanol–water partition coefficient (Wildman–Crippen LogP) is 2.81. The number of nitrogens with zero attached hydrogens (tertiary/aromatic N) is 2.